The van der Waals surface area contributed by atoms with Crippen molar-refractivity contribution < 1.29 is 9.59 Å². The van der Waals surface area contributed by atoms with Gasteiger partial charge in [-0.3, -0.25) is 9.59 Å². The molecule has 0 radical (unpaired) electrons. The van der Waals surface area contributed by atoms with E-state index in [2.05, 4.69) is 15.6 Å². The van der Waals surface area contributed by atoms with Gasteiger partial charge in [-0.05, 0) is 30.7 Å². The number of hydrogen-bond acceptors (Lipinski definition) is 4. The molecule has 0 bridgehead atoms. The van der Waals surface area contributed by atoms with E-state index in [4.69, 9.17) is 0 Å². The van der Waals surface area contributed by atoms with Crippen molar-refractivity contribution in [1.82, 2.24) is 4.98 Å². The molecule has 0 saturated carbocycles. The summed E-state index contributed by atoms with van der Waals surface area (Å²) in [7, 11) is 0. The van der Waals surface area contributed by atoms with E-state index in [0.29, 0.717) is 17.8 Å². The van der Waals surface area contributed by atoms with E-state index in [0.717, 1.165) is 16.3 Å². The average Bonchev–Trinajstić information content (AvgIpc) is 2.85. The van der Waals surface area contributed by atoms with E-state index in [1.807, 2.05) is 32.9 Å². The van der Waals surface area contributed by atoms with Crippen LogP contribution in [-0.4, -0.2) is 16.8 Å². The third-order valence-electron chi connectivity index (χ3n) is 3.73. The van der Waals surface area contributed by atoms with Crippen LogP contribution in [0.15, 0.2) is 23.6 Å². The molecule has 3 rings (SSSR count). The second-order valence-electron chi connectivity index (χ2n) is 6.08. The number of carbonyl (C=O) groups is 2. The normalized spacial score (nSPS) is 15.9. The highest BCUT2D eigenvalue weighted by molar-refractivity contribution is 7.09. The molecule has 1 aromatic carbocycles. The third-order valence-corrected chi connectivity index (χ3v) is 4.51. The highest BCUT2D eigenvalue weighted by Gasteiger charge is 2.32. The summed E-state index contributed by atoms with van der Waals surface area (Å²) in [6, 6.07) is 5.54. The molecule has 2 aromatic rings. The smallest absolute Gasteiger partial charge is 0.275 e. The Balaban J connectivity index is 1.88. The van der Waals surface area contributed by atoms with Crippen molar-refractivity contribution in [1.29, 1.82) is 0 Å². The lowest BCUT2D eigenvalue weighted by Crippen LogP contribution is -2.32. The number of aryl methyl sites for hydroxylation is 1. The van der Waals surface area contributed by atoms with E-state index < -0.39 is 0 Å². The third kappa shape index (κ3) is 2.74. The summed E-state index contributed by atoms with van der Waals surface area (Å²) < 4.78 is 0. The average molecular weight is 315 g/mol. The number of nitrogens with one attached hydrogen (secondary N) is 2. The van der Waals surface area contributed by atoms with Crippen LogP contribution < -0.4 is 10.6 Å². The van der Waals surface area contributed by atoms with Gasteiger partial charge in [-0.15, -0.1) is 11.3 Å². The van der Waals surface area contributed by atoms with Crippen LogP contribution in [-0.2, 0) is 10.2 Å². The molecular formula is C16H17N3O2S. The Labute approximate surface area is 132 Å². The first-order valence-corrected chi connectivity index (χ1v) is 7.91. The quantitative estimate of drug-likeness (QED) is 0.893. The number of fused-ring (bicyclic) bond motifs is 1. The molecule has 1 aromatic heterocycles. The Morgan fingerprint density at radius 1 is 1.41 bits per heavy atom. The molecule has 6 heteroatoms. The molecule has 0 saturated heterocycles. The molecule has 5 nitrogen and oxygen atoms in total. The number of aromatic nitrogens is 1. The molecule has 0 aliphatic carbocycles. The summed E-state index contributed by atoms with van der Waals surface area (Å²) in [5.74, 6) is -0.200. The number of rotatable bonds is 2. The zero-order valence-electron chi connectivity index (χ0n) is 12.7. The van der Waals surface area contributed by atoms with Gasteiger partial charge in [-0.25, -0.2) is 4.98 Å². The Morgan fingerprint density at radius 2 is 2.18 bits per heavy atom. The predicted octanol–water partition coefficient (Wildman–Crippen LogP) is 3.32. The molecule has 2 N–H and O–H groups in total. The molecule has 22 heavy (non-hydrogen) atoms. The van der Waals surface area contributed by atoms with Crippen LogP contribution in [0.1, 0.15) is 41.3 Å². The van der Waals surface area contributed by atoms with Crippen molar-refractivity contribution in [3.63, 3.8) is 0 Å². The molecule has 2 heterocycles. The van der Waals surface area contributed by atoms with Crippen LogP contribution in [0.4, 0.5) is 11.4 Å². The summed E-state index contributed by atoms with van der Waals surface area (Å²) in [6.07, 6.45) is 0.433. The lowest BCUT2D eigenvalue weighted by Gasteiger charge is -2.32. The topological polar surface area (TPSA) is 71.1 Å². The Bertz CT molecular complexity index is 765. The highest BCUT2D eigenvalue weighted by atomic mass is 32.1. The fourth-order valence-electron chi connectivity index (χ4n) is 2.64. The van der Waals surface area contributed by atoms with Crippen LogP contribution in [0.25, 0.3) is 0 Å². The molecule has 0 unspecified atom stereocenters. The first-order valence-electron chi connectivity index (χ1n) is 7.03. The van der Waals surface area contributed by atoms with Gasteiger partial charge < -0.3 is 10.6 Å². The summed E-state index contributed by atoms with van der Waals surface area (Å²) in [6.45, 7) is 5.92. The van der Waals surface area contributed by atoms with Crippen LogP contribution >= 0.6 is 11.3 Å². The number of carbonyl (C=O) groups excluding carboxylic acids is 2. The Kier molecular flexibility index (Phi) is 3.48. The summed E-state index contributed by atoms with van der Waals surface area (Å²) in [5, 5.41) is 8.34. The fraction of sp³-hybridized carbons (Fsp3) is 0.312. The van der Waals surface area contributed by atoms with Crippen LogP contribution in [0, 0.1) is 6.92 Å². The van der Waals surface area contributed by atoms with Gasteiger partial charge in [0.05, 0.1) is 5.01 Å². The number of amides is 2. The van der Waals surface area contributed by atoms with Crippen molar-refractivity contribution in [2.45, 2.75) is 32.6 Å². The zero-order valence-corrected chi connectivity index (χ0v) is 13.5. The molecule has 0 atom stereocenters. The molecule has 1 aliphatic heterocycles. The largest absolute Gasteiger partial charge is 0.326 e. The summed E-state index contributed by atoms with van der Waals surface area (Å²) in [5.41, 5.74) is 2.71. The van der Waals surface area contributed by atoms with E-state index in [9.17, 15) is 9.59 Å². The molecule has 0 fully saturated rings. The van der Waals surface area contributed by atoms with Gasteiger partial charge in [0.15, 0.2) is 0 Å². The van der Waals surface area contributed by atoms with Crippen molar-refractivity contribution in [2.75, 3.05) is 10.6 Å². The van der Waals surface area contributed by atoms with Gasteiger partial charge in [0.2, 0.25) is 5.91 Å². The number of benzene rings is 1. The summed E-state index contributed by atoms with van der Waals surface area (Å²) in [4.78, 5) is 28.1. The standard InChI is InChI=1S/C16H17N3O2S/c1-9-17-13(8-22-9)15(21)18-10-4-5-12-11(6-10)16(2,3)7-14(20)19-12/h4-6,8H,7H2,1-3H3,(H,18,21)(H,19,20). The minimum absolute atomic E-state index is 0.0206. The maximum Gasteiger partial charge on any atom is 0.275 e. The van der Waals surface area contributed by atoms with E-state index in [1.54, 1.807) is 11.4 Å². The van der Waals surface area contributed by atoms with Gasteiger partial charge in [-0.1, -0.05) is 13.8 Å². The maximum atomic E-state index is 12.2. The number of thiazole rings is 1. The van der Waals surface area contributed by atoms with Crippen molar-refractivity contribution in [3.8, 4) is 0 Å². The molecular weight excluding hydrogens is 298 g/mol. The molecule has 2 amide bonds. The van der Waals surface area contributed by atoms with E-state index in [1.165, 1.54) is 11.3 Å². The van der Waals surface area contributed by atoms with Crippen LogP contribution in [0.2, 0.25) is 0 Å². The second kappa shape index (κ2) is 5.21. The van der Waals surface area contributed by atoms with Gasteiger partial charge in [0.25, 0.3) is 5.91 Å². The maximum absolute atomic E-state index is 12.2. The lowest BCUT2D eigenvalue weighted by atomic mass is 9.78. The SMILES string of the molecule is Cc1nc(C(=O)Nc2ccc3c(c2)C(C)(C)CC(=O)N3)cs1. The van der Waals surface area contributed by atoms with E-state index >= 15 is 0 Å². The number of nitrogens with zero attached hydrogens (tertiary/aromatic N) is 1. The minimum atomic E-state index is -0.254. The first-order chi connectivity index (χ1) is 10.3. The molecule has 114 valence electrons. The van der Waals surface area contributed by atoms with Crippen molar-refractivity contribution >= 4 is 34.5 Å². The summed E-state index contributed by atoms with van der Waals surface area (Å²) >= 11 is 1.45. The zero-order chi connectivity index (χ0) is 15.9. The van der Waals surface area contributed by atoms with Crippen molar-refractivity contribution in [2.24, 2.45) is 0 Å². The van der Waals surface area contributed by atoms with Gasteiger partial charge in [0.1, 0.15) is 5.69 Å². The monoisotopic (exact) mass is 315 g/mol. The van der Waals surface area contributed by atoms with Crippen LogP contribution in [0.3, 0.4) is 0 Å². The predicted molar refractivity (Wildman–Crippen MR) is 87.5 cm³/mol. The molecule has 1 aliphatic rings. The van der Waals surface area contributed by atoms with Gasteiger partial charge >= 0.3 is 0 Å². The fourth-order valence-corrected chi connectivity index (χ4v) is 3.24. The highest BCUT2D eigenvalue weighted by Crippen LogP contribution is 2.38. The number of anilines is 2. The minimum Gasteiger partial charge on any atom is -0.326 e. The van der Waals surface area contributed by atoms with Crippen LogP contribution in [0.5, 0.6) is 0 Å². The Hall–Kier alpha value is -2.21. The second-order valence-corrected chi connectivity index (χ2v) is 7.14. The van der Waals surface area contributed by atoms with Gasteiger partial charge in [-0.2, -0.15) is 0 Å². The van der Waals surface area contributed by atoms with Gasteiger partial charge in [0, 0.05) is 28.6 Å². The number of hydrogen-bond donors (Lipinski definition) is 2. The lowest BCUT2D eigenvalue weighted by molar-refractivity contribution is -0.117. The van der Waals surface area contributed by atoms with E-state index in [-0.39, 0.29) is 17.2 Å². The first kappa shape index (κ1) is 14.7. The Morgan fingerprint density at radius 3 is 2.86 bits per heavy atom. The molecule has 0 spiro atoms. The van der Waals surface area contributed by atoms with Crippen molar-refractivity contribution in [3.05, 3.63) is 39.8 Å².